The zero-order valence-corrected chi connectivity index (χ0v) is 11.5. The van der Waals surface area contributed by atoms with Gasteiger partial charge in [-0.3, -0.25) is 4.79 Å². The van der Waals surface area contributed by atoms with Gasteiger partial charge in [-0.15, -0.1) is 0 Å². The number of nitrogens with one attached hydrogen (secondary N) is 1. The topological polar surface area (TPSA) is 78.4 Å². The highest BCUT2D eigenvalue weighted by atomic mass is 35.5. The van der Waals surface area contributed by atoms with Crippen LogP contribution in [0.5, 0.6) is 0 Å². The summed E-state index contributed by atoms with van der Waals surface area (Å²) >= 11 is 5.97. The predicted octanol–water partition coefficient (Wildman–Crippen LogP) is 0.727. The molecule has 104 valence electrons. The van der Waals surface area contributed by atoms with Crippen LogP contribution in [0.3, 0.4) is 0 Å². The number of anilines is 1. The first-order chi connectivity index (χ1) is 9.19. The molecule has 0 aliphatic carbocycles. The molecule has 6 nitrogen and oxygen atoms in total. The number of carbonyl (C=O) groups excluding carboxylic acids is 1. The van der Waals surface area contributed by atoms with E-state index in [4.69, 9.17) is 11.6 Å². The molecule has 0 bridgehead atoms. The second-order valence-electron chi connectivity index (χ2n) is 4.44. The molecule has 1 aliphatic rings. The van der Waals surface area contributed by atoms with Crippen molar-refractivity contribution in [3.05, 3.63) is 17.0 Å². The van der Waals surface area contributed by atoms with E-state index in [1.165, 1.54) is 6.33 Å². The molecule has 0 saturated carbocycles. The number of hydrogen-bond donors (Lipinski definition) is 2. The van der Waals surface area contributed by atoms with Crippen LogP contribution in [0, 0.1) is 0 Å². The number of piperidine rings is 1. The van der Waals surface area contributed by atoms with Crippen molar-refractivity contribution in [3.63, 3.8) is 0 Å². The van der Waals surface area contributed by atoms with E-state index in [2.05, 4.69) is 15.3 Å². The molecule has 1 atom stereocenters. The molecule has 0 radical (unpaired) electrons. The van der Waals surface area contributed by atoms with Gasteiger partial charge in [-0.1, -0.05) is 11.6 Å². The standard InChI is InChI=1S/C12H17ClN4O2/c1-14-12(19)9-4-2-3-5-17(9)11-8(6-18)10(13)15-7-16-11/h7,9,18H,2-6H2,1H3,(H,14,19). The Hall–Kier alpha value is -1.40. The Morgan fingerprint density at radius 2 is 2.37 bits per heavy atom. The maximum atomic E-state index is 11.9. The van der Waals surface area contributed by atoms with Crippen molar-refractivity contribution in [2.75, 3.05) is 18.5 Å². The summed E-state index contributed by atoms with van der Waals surface area (Å²) in [4.78, 5) is 21.9. The van der Waals surface area contributed by atoms with E-state index in [0.29, 0.717) is 11.4 Å². The van der Waals surface area contributed by atoms with Crippen LogP contribution in [0.25, 0.3) is 0 Å². The first-order valence-corrected chi connectivity index (χ1v) is 6.65. The maximum absolute atomic E-state index is 11.9. The summed E-state index contributed by atoms with van der Waals surface area (Å²) in [6.45, 7) is 0.477. The average Bonchev–Trinajstić information content (AvgIpc) is 2.46. The minimum Gasteiger partial charge on any atom is -0.391 e. The lowest BCUT2D eigenvalue weighted by Crippen LogP contribution is -2.49. The molecular weight excluding hydrogens is 268 g/mol. The van der Waals surface area contributed by atoms with Crippen molar-refractivity contribution in [1.29, 1.82) is 0 Å². The number of amides is 1. The predicted molar refractivity (Wildman–Crippen MR) is 72.0 cm³/mol. The van der Waals surface area contributed by atoms with Crippen molar-refractivity contribution < 1.29 is 9.90 Å². The van der Waals surface area contributed by atoms with E-state index in [1.807, 2.05) is 4.90 Å². The van der Waals surface area contributed by atoms with E-state index in [9.17, 15) is 9.90 Å². The summed E-state index contributed by atoms with van der Waals surface area (Å²) in [5.41, 5.74) is 0.472. The molecule has 0 aromatic carbocycles. The molecular formula is C12H17ClN4O2. The third-order valence-electron chi connectivity index (χ3n) is 3.35. The van der Waals surface area contributed by atoms with Gasteiger partial charge in [0, 0.05) is 13.6 Å². The molecule has 1 unspecified atom stereocenters. The van der Waals surface area contributed by atoms with Gasteiger partial charge in [-0.25, -0.2) is 9.97 Å². The smallest absolute Gasteiger partial charge is 0.242 e. The third kappa shape index (κ3) is 2.79. The minimum atomic E-state index is -0.269. The van der Waals surface area contributed by atoms with Crippen LogP contribution >= 0.6 is 11.6 Å². The quantitative estimate of drug-likeness (QED) is 0.800. The summed E-state index contributed by atoms with van der Waals surface area (Å²) in [5.74, 6) is 0.508. The Morgan fingerprint density at radius 3 is 3.05 bits per heavy atom. The van der Waals surface area contributed by atoms with Crippen molar-refractivity contribution in [3.8, 4) is 0 Å². The lowest BCUT2D eigenvalue weighted by Gasteiger charge is -2.36. The van der Waals surface area contributed by atoms with E-state index < -0.39 is 0 Å². The van der Waals surface area contributed by atoms with Crippen molar-refractivity contribution in [2.24, 2.45) is 0 Å². The monoisotopic (exact) mass is 284 g/mol. The molecule has 7 heteroatoms. The molecule has 2 heterocycles. The number of hydrogen-bond acceptors (Lipinski definition) is 5. The van der Waals surface area contributed by atoms with Crippen LogP contribution in [0.4, 0.5) is 5.82 Å². The highest BCUT2D eigenvalue weighted by molar-refractivity contribution is 6.30. The SMILES string of the molecule is CNC(=O)C1CCCCN1c1ncnc(Cl)c1CO. The van der Waals surface area contributed by atoms with E-state index in [-0.39, 0.29) is 23.7 Å². The van der Waals surface area contributed by atoms with Gasteiger partial charge in [0.05, 0.1) is 12.2 Å². The fourth-order valence-electron chi connectivity index (χ4n) is 2.39. The Kier molecular flexibility index (Phi) is 4.55. The Labute approximate surface area is 116 Å². The first kappa shape index (κ1) is 14.0. The molecule has 1 saturated heterocycles. The Balaban J connectivity index is 2.37. The van der Waals surface area contributed by atoms with E-state index >= 15 is 0 Å². The van der Waals surface area contributed by atoms with E-state index in [0.717, 1.165) is 25.8 Å². The maximum Gasteiger partial charge on any atom is 0.242 e. The highest BCUT2D eigenvalue weighted by Crippen LogP contribution is 2.29. The second kappa shape index (κ2) is 6.16. The fraction of sp³-hybridized carbons (Fsp3) is 0.583. The first-order valence-electron chi connectivity index (χ1n) is 6.27. The summed E-state index contributed by atoms with van der Waals surface area (Å²) < 4.78 is 0. The molecule has 1 fully saturated rings. The van der Waals surface area contributed by atoms with Crippen LogP contribution in [0.15, 0.2) is 6.33 Å². The summed E-state index contributed by atoms with van der Waals surface area (Å²) in [7, 11) is 1.62. The van der Waals surface area contributed by atoms with Crippen molar-refractivity contribution >= 4 is 23.3 Å². The lowest BCUT2D eigenvalue weighted by atomic mass is 10.0. The normalized spacial score (nSPS) is 19.3. The van der Waals surface area contributed by atoms with Gasteiger partial charge < -0.3 is 15.3 Å². The number of aliphatic hydroxyl groups excluding tert-OH is 1. The molecule has 2 N–H and O–H groups in total. The Bertz CT molecular complexity index is 469. The van der Waals surface area contributed by atoms with E-state index in [1.54, 1.807) is 7.05 Å². The van der Waals surface area contributed by atoms with Crippen LogP contribution in [0.2, 0.25) is 5.15 Å². The van der Waals surface area contributed by atoms with Gasteiger partial charge >= 0.3 is 0 Å². The number of carbonyl (C=O) groups is 1. The van der Waals surface area contributed by atoms with Gasteiger partial charge in [0.25, 0.3) is 0 Å². The second-order valence-corrected chi connectivity index (χ2v) is 4.80. The summed E-state index contributed by atoms with van der Waals surface area (Å²) in [6.07, 6.45) is 4.11. The minimum absolute atomic E-state index is 0.0432. The molecule has 2 rings (SSSR count). The van der Waals surface area contributed by atoms with Crippen LogP contribution < -0.4 is 10.2 Å². The molecule has 1 aromatic heterocycles. The fourth-order valence-corrected chi connectivity index (χ4v) is 2.58. The van der Waals surface area contributed by atoms with Crippen LogP contribution in [0.1, 0.15) is 24.8 Å². The zero-order valence-electron chi connectivity index (χ0n) is 10.8. The van der Waals surface area contributed by atoms with Crippen LogP contribution in [-0.4, -0.2) is 40.6 Å². The van der Waals surface area contributed by atoms with Gasteiger partial charge in [0.2, 0.25) is 5.91 Å². The van der Waals surface area contributed by atoms with Gasteiger partial charge in [-0.05, 0) is 19.3 Å². The number of halogens is 1. The zero-order chi connectivity index (χ0) is 13.8. The number of likely N-dealkylation sites (N-methyl/N-ethyl adjacent to an activating group) is 1. The van der Waals surface area contributed by atoms with Gasteiger partial charge in [0.15, 0.2) is 0 Å². The van der Waals surface area contributed by atoms with Gasteiger partial charge in [-0.2, -0.15) is 0 Å². The third-order valence-corrected chi connectivity index (χ3v) is 3.68. The molecule has 1 aliphatic heterocycles. The summed E-state index contributed by atoms with van der Waals surface area (Å²) in [6, 6.07) is -0.269. The molecule has 1 aromatic rings. The number of nitrogens with zero attached hydrogens (tertiary/aromatic N) is 3. The van der Waals surface area contributed by atoms with Crippen LogP contribution in [-0.2, 0) is 11.4 Å². The number of aromatic nitrogens is 2. The summed E-state index contributed by atoms with van der Waals surface area (Å²) in [5, 5.41) is 12.3. The molecule has 19 heavy (non-hydrogen) atoms. The average molecular weight is 285 g/mol. The Morgan fingerprint density at radius 1 is 1.58 bits per heavy atom. The van der Waals surface area contributed by atoms with Gasteiger partial charge in [0.1, 0.15) is 23.3 Å². The van der Waals surface area contributed by atoms with Crippen molar-refractivity contribution in [2.45, 2.75) is 31.9 Å². The highest BCUT2D eigenvalue weighted by Gasteiger charge is 2.30. The molecule has 1 amide bonds. The lowest BCUT2D eigenvalue weighted by molar-refractivity contribution is -0.122. The van der Waals surface area contributed by atoms with Crippen molar-refractivity contribution in [1.82, 2.24) is 15.3 Å². The number of aliphatic hydroxyl groups is 1. The largest absolute Gasteiger partial charge is 0.391 e. The number of rotatable bonds is 3. The molecule has 0 spiro atoms.